The second-order valence-corrected chi connectivity index (χ2v) is 8.90. The number of hydrogen-bond donors (Lipinski definition) is 2. The number of nitrogens with zero attached hydrogens (tertiary/aromatic N) is 4. The predicted octanol–water partition coefficient (Wildman–Crippen LogP) is 3.37. The summed E-state index contributed by atoms with van der Waals surface area (Å²) in [4.78, 5) is 8.72. The van der Waals surface area contributed by atoms with Crippen molar-refractivity contribution in [2.45, 2.75) is 25.7 Å². The third-order valence-corrected chi connectivity index (χ3v) is 6.86. The van der Waals surface area contributed by atoms with Crippen LogP contribution in [0.2, 0.25) is 5.02 Å². The average Bonchev–Trinajstić information content (AvgIpc) is 3.31. The van der Waals surface area contributed by atoms with E-state index in [1.165, 1.54) is 0 Å². The molecule has 33 heavy (non-hydrogen) atoms. The van der Waals surface area contributed by atoms with Crippen molar-refractivity contribution < 1.29 is 9.47 Å². The van der Waals surface area contributed by atoms with Gasteiger partial charge in [-0.15, -0.1) is 0 Å². The van der Waals surface area contributed by atoms with E-state index in [1.54, 1.807) is 19.6 Å². The summed E-state index contributed by atoms with van der Waals surface area (Å²) in [7, 11) is 1.74. The fraction of sp³-hybridized carbons (Fsp3) is 0.375. The van der Waals surface area contributed by atoms with Gasteiger partial charge in [0.1, 0.15) is 12.4 Å². The Morgan fingerprint density at radius 2 is 2.03 bits per heavy atom. The lowest BCUT2D eigenvalue weighted by Crippen LogP contribution is -2.45. The second kappa shape index (κ2) is 8.96. The summed E-state index contributed by atoms with van der Waals surface area (Å²) in [5.74, 6) is 0. The van der Waals surface area contributed by atoms with E-state index in [4.69, 9.17) is 32.5 Å². The van der Waals surface area contributed by atoms with E-state index in [2.05, 4.69) is 20.9 Å². The van der Waals surface area contributed by atoms with E-state index in [0.29, 0.717) is 30.3 Å². The zero-order valence-electron chi connectivity index (χ0n) is 18.9. The second-order valence-electron chi connectivity index (χ2n) is 8.49. The maximum absolute atomic E-state index is 6.73. The molecule has 2 unspecified atom stereocenters. The van der Waals surface area contributed by atoms with Crippen molar-refractivity contribution in [1.82, 2.24) is 14.5 Å². The lowest BCUT2D eigenvalue weighted by atomic mass is 10.0. The van der Waals surface area contributed by atoms with E-state index in [0.717, 1.165) is 47.0 Å². The standard InChI is InChI=1S/C24H29ClN6O2/c1-15-4-3-5-17(25)23(15)31-20-12-18(26)16(11-22(32-2)29-6-8-33-9-7-29)10-19(20)30-14-28-13-21(30)24(31)27/h3-5,10,12-14,22,24H,6-9,11,26-27H2,1-2H3. The SMILES string of the molecule is COC(Cc1cc2c(cc1N)N(c1c(C)cccc1Cl)C(N)c1cncn1-2)N1CCOCC1. The van der Waals surface area contributed by atoms with Crippen LogP contribution in [0.15, 0.2) is 42.9 Å². The molecule has 2 aliphatic rings. The zero-order valence-corrected chi connectivity index (χ0v) is 19.6. The molecular weight excluding hydrogens is 440 g/mol. The number of nitrogens with two attached hydrogens (primary N) is 2. The van der Waals surface area contributed by atoms with Crippen molar-refractivity contribution in [3.63, 3.8) is 0 Å². The van der Waals surface area contributed by atoms with Crippen LogP contribution in [0.5, 0.6) is 0 Å². The van der Waals surface area contributed by atoms with Gasteiger partial charge < -0.3 is 25.8 Å². The molecule has 9 heteroatoms. The number of aryl methyl sites for hydroxylation is 1. The highest BCUT2D eigenvalue weighted by molar-refractivity contribution is 6.33. The van der Waals surface area contributed by atoms with Crippen LogP contribution < -0.4 is 16.4 Å². The third-order valence-electron chi connectivity index (χ3n) is 6.55. The number of ether oxygens (including phenoxy) is 2. The van der Waals surface area contributed by atoms with Gasteiger partial charge in [-0.1, -0.05) is 23.7 Å². The summed E-state index contributed by atoms with van der Waals surface area (Å²) >= 11 is 6.66. The number of rotatable bonds is 5. The Bertz CT molecular complexity index is 1140. The van der Waals surface area contributed by atoms with E-state index < -0.39 is 6.17 Å². The molecule has 5 rings (SSSR count). The maximum atomic E-state index is 6.73. The molecule has 0 aliphatic carbocycles. The van der Waals surface area contributed by atoms with E-state index in [1.807, 2.05) is 35.8 Å². The lowest BCUT2D eigenvalue weighted by Gasteiger charge is -2.39. The smallest absolute Gasteiger partial charge is 0.125 e. The fourth-order valence-corrected chi connectivity index (χ4v) is 5.12. The molecule has 2 aliphatic heterocycles. The molecule has 3 heterocycles. The summed E-state index contributed by atoms with van der Waals surface area (Å²) in [5, 5.41) is 0.638. The minimum atomic E-state index is -0.455. The van der Waals surface area contributed by atoms with Crippen LogP contribution in [0.25, 0.3) is 5.69 Å². The monoisotopic (exact) mass is 468 g/mol. The number of methoxy groups -OCH3 is 1. The number of benzene rings is 2. The maximum Gasteiger partial charge on any atom is 0.125 e. The molecule has 0 saturated carbocycles. The van der Waals surface area contributed by atoms with Crippen LogP contribution in [0, 0.1) is 6.92 Å². The number of nitrogen functional groups attached to an aromatic ring is 1. The first kappa shape index (κ1) is 22.2. The number of aromatic nitrogens is 2. The van der Waals surface area contributed by atoms with Gasteiger partial charge in [0.25, 0.3) is 0 Å². The molecule has 0 radical (unpaired) electrons. The van der Waals surface area contributed by atoms with Gasteiger partial charge in [-0.05, 0) is 36.2 Å². The minimum Gasteiger partial charge on any atom is -0.398 e. The van der Waals surface area contributed by atoms with Crippen molar-refractivity contribution in [3.05, 3.63) is 64.7 Å². The van der Waals surface area contributed by atoms with Crippen molar-refractivity contribution in [3.8, 4) is 5.69 Å². The molecule has 4 N–H and O–H groups in total. The highest BCUT2D eigenvalue weighted by Gasteiger charge is 2.33. The molecule has 0 amide bonds. The van der Waals surface area contributed by atoms with E-state index in [-0.39, 0.29) is 6.23 Å². The first-order valence-electron chi connectivity index (χ1n) is 11.1. The largest absolute Gasteiger partial charge is 0.398 e. The number of fused-ring (bicyclic) bond motifs is 3. The highest BCUT2D eigenvalue weighted by Crippen LogP contribution is 2.46. The molecule has 174 valence electrons. The molecule has 1 fully saturated rings. The summed E-state index contributed by atoms with van der Waals surface area (Å²) in [6.45, 7) is 5.12. The summed E-state index contributed by atoms with van der Waals surface area (Å²) in [5.41, 5.74) is 19.7. The predicted molar refractivity (Wildman–Crippen MR) is 130 cm³/mol. The Kier molecular flexibility index (Phi) is 6.03. The van der Waals surface area contributed by atoms with Crippen molar-refractivity contribution in [2.24, 2.45) is 5.73 Å². The molecule has 2 atom stereocenters. The van der Waals surface area contributed by atoms with Crippen LogP contribution in [0.3, 0.4) is 0 Å². The number of morpholine rings is 1. The quantitative estimate of drug-likeness (QED) is 0.554. The Hall–Kier alpha value is -2.62. The number of anilines is 3. The van der Waals surface area contributed by atoms with Gasteiger partial charge in [-0.2, -0.15) is 0 Å². The van der Waals surface area contributed by atoms with Crippen LogP contribution in [-0.4, -0.2) is 54.1 Å². The number of imidazole rings is 1. The van der Waals surface area contributed by atoms with Gasteiger partial charge >= 0.3 is 0 Å². The highest BCUT2D eigenvalue weighted by atomic mass is 35.5. The fourth-order valence-electron chi connectivity index (χ4n) is 4.81. The van der Waals surface area contributed by atoms with Gasteiger partial charge in [-0.3, -0.25) is 9.47 Å². The van der Waals surface area contributed by atoms with Crippen LogP contribution >= 0.6 is 11.6 Å². The van der Waals surface area contributed by atoms with Crippen LogP contribution in [-0.2, 0) is 15.9 Å². The molecule has 1 aromatic heterocycles. The first-order valence-corrected chi connectivity index (χ1v) is 11.5. The Balaban J connectivity index is 1.60. The summed E-state index contributed by atoms with van der Waals surface area (Å²) in [6, 6.07) is 9.96. The molecule has 2 aromatic carbocycles. The molecule has 0 bridgehead atoms. The van der Waals surface area contributed by atoms with Crippen molar-refractivity contribution in [2.75, 3.05) is 44.0 Å². The van der Waals surface area contributed by atoms with Gasteiger partial charge in [0.05, 0.1) is 53.5 Å². The van der Waals surface area contributed by atoms with Crippen LogP contribution in [0.4, 0.5) is 17.1 Å². The normalized spacial score (nSPS) is 19.3. The van der Waals surface area contributed by atoms with Gasteiger partial charge in [-0.25, -0.2) is 4.98 Å². The summed E-state index contributed by atoms with van der Waals surface area (Å²) < 4.78 is 13.4. The average molecular weight is 469 g/mol. The van der Waals surface area contributed by atoms with Gasteiger partial charge in [0.15, 0.2) is 0 Å². The third kappa shape index (κ3) is 3.88. The van der Waals surface area contributed by atoms with E-state index in [9.17, 15) is 0 Å². The van der Waals surface area contributed by atoms with E-state index >= 15 is 0 Å². The Labute approximate surface area is 198 Å². The first-order chi connectivity index (χ1) is 16.0. The topological polar surface area (TPSA) is 94.8 Å². The van der Waals surface area contributed by atoms with Gasteiger partial charge in [0.2, 0.25) is 0 Å². The van der Waals surface area contributed by atoms with Crippen LogP contribution in [0.1, 0.15) is 23.0 Å². The molecule has 3 aromatic rings. The Morgan fingerprint density at radius 3 is 2.76 bits per heavy atom. The Morgan fingerprint density at radius 1 is 1.24 bits per heavy atom. The number of halogens is 1. The molecule has 0 spiro atoms. The number of hydrogen-bond acceptors (Lipinski definition) is 7. The number of para-hydroxylation sites is 1. The summed E-state index contributed by atoms with van der Waals surface area (Å²) in [6.07, 6.45) is 3.72. The van der Waals surface area contributed by atoms with Crippen molar-refractivity contribution in [1.29, 1.82) is 0 Å². The molecule has 1 saturated heterocycles. The molecular formula is C24H29ClN6O2. The van der Waals surface area contributed by atoms with Gasteiger partial charge in [0, 0.05) is 32.3 Å². The zero-order chi connectivity index (χ0) is 23.1. The molecule has 8 nitrogen and oxygen atoms in total. The lowest BCUT2D eigenvalue weighted by molar-refractivity contribution is -0.0777. The minimum absolute atomic E-state index is 0.0794. The van der Waals surface area contributed by atoms with Crippen molar-refractivity contribution >= 4 is 28.7 Å².